The monoisotopic (exact) mass is 308 g/mol. The standard InChI is InChI=1S/C14H13FN2O3S/c1-8-12(13(19)16-7-11(18)20-2)21-14(17-8)9-3-5-10(15)6-4-9/h3-6H,7H2,1-2H3,(H,16,19). The van der Waals surface area contributed by atoms with E-state index in [1.54, 1.807) is 19.1 Å². The van der Waals surface area contributed by atoms with Crippen molar-refractivity contribution in [2.75, 3.05) is 13.7 Å². The zero-order valence-electron chi connectivity index (χ0n) is 11.5. The number of esters is 1. The smallest absolute Gasteiger partial charge is 0.325 e. The van der Waals surface area contributed by atoms with Crippen molar-refractivity contribution in [2.24, 2.45) is 0 Å². The van der Waals surface area contributed by atoms with Crippen LogP contribution in [0.15, 0.2) is 24.3 Å². The summed E-state index contributed by atoms with van der Waals surface area (Å²) >= 11 is 1.19. The Morgan fingerprint density at radius 1 is 1.33 bits per heavy atom. The highest BCUT2D eigenvalue weighted by atomic mass is 32.1. The molecule has 0 aliphatic rings. The molecule has 0 fully saturated rings. The van der Waals surface area contributed by atoms with Gasteiger partial charge in [-0.05, 0) is 31.2 Å². The minimum Gasteiger partial charge on any atom is -0.468 e. The average molecular weight is 308 g/mol. The maximum Gasteiger partial charge on any atom is 0.325 e. The number of benzene rings is 1. The molecule has 7 heteroatoms. The van der Waals surface area contributed by atoms with E-state index in [4.69, 9.17) is 0 Å². The van der Waals surface area contributed by atoms with Crippen LogP contribution < -0.4 is 5.32 Å². The summed E-state index contributed by atoms with van der Waals surface area (Å²) in [6.07, 6.45) is 0. The van der Waals surface area contributed by atoms with Crippen LogP contribution in [0.5, 0.6) is 0 Å². The van der Waals surface area contributed by atoms with Crippen molar-refractivity contribution in [2.45, 2.75) is 6.92 Å². The minimum atomic E-state index is -0.524. The third-order valence-corrected chi connectivity index (χ3v) is 3.92. The van der Waals surface area contributed by atoms with Gasteiger partial charge in [0.2, 0.25) is 0 Å². The summed E-state index contributed by atoms with van der Waals surface area (Å²) in [6.45, 7) is 1.51. The first kappa shape index (κ1) is 15.1. The number of aryl methyl sites for hydroxylation is 1. The van der Waals surface area contributed by atoms with Gasteiger partial charge in [-0.1, -0.05) is 0 Å². The van der Waals surface area contributed by atoms with Crippen molar-refractivity contribution in [1.82, 2.24) is 10.3 Å². The summed E-state index contributed by atoms with van der Waals surface area (Å²) in [7, 11) is 1.25. The molecule has 1 aromatic carbocycles. The molecule has 1 N–H and O–H groups in total. The number of methoxy groups -OCH3 is 1. The number of carbonyl (C=O) groups is 2. The summed E-state index contributed by atoms with van der Waals surface area (Å²) in [4.78, 5) is 27.7. The van der Waals surface area contributed by atoms with Crippen molar-refractivity contribution < 1.29 is 18.7 Å². The Morgan fingerprint density at radius 2 is 2.00 bits per heavy atom. The molecule has 0 saturated carbocycles. The van der Waals surface area contributed by atoms with Gasteiger partial charge < -0.3 is 10.1 Å². The highest BCUT2D eigenvalue weighted by molar-refractivity contribution is 7.17. The fourth-order valence-corrected chi connectivity index (χ4v) is 2.62. The number of halogens is 1. The van der Waals surface area contributed by atoms with Crippen molar-refractivity contribution >= 4 is 23.2 Å². The largest absolute Gasteiger partial charge is 0.468 e. The molecule has 2 rings (SSSR count). The van der Waals surface area contributed by atoms with E-state index in [2.05, 4.69) is 15.0 Å². The summed E-state index contributed by atoms with van der Waals surface area (Å²) in [5.74, 6) is -1.24. The maximum absolute atomic E-state index is 12.9. The highest BCUT2D eigenvalue weighted by Gasteiger charge is 2.17. The van der Waals surface area contributed by atoms with Crippen LogP contribution in [0.4, 0.5) is 4.39 Å². The van der Waals surface area contributed by atoms with Crippen molar-refractivity contribution in [3.05, 3.63) is 40.7 Å². The third kappa shape index (κ3) is 3.63. The first-order valence-corrected chi connectivity index (χ1v) is 6.91. The number of nitrogens with zero attached hydrogens (tertiary/aromatic N) is 1. The number of hydrogen-bond donors (Lipinski definition) is 1. The van der Waals surface area contributed by atoms with E-state index in [9.17, 15) is 14.0 Å². The van der Waals surface area contributed by atoms with Crippen LogP contribution in [0.25, 0.3) is 10.6 Å². The number of rotatable bonds is 4. The first-order chi connectivity index (χ1) is 10.0. The van der Waals surface area contributed by atoms with Crippen LogP contribution in [0.2, 0.25) is 0 Å². The molecule has 5 nitrogen and oxygen atoms in total. The summed E-state index contributed by atoms with van der Waals surface area (Å²) in [5.41, 5.74) is 1.29. The number of aromatic nitrogens is 1. The molecule has 0 atom stereocenters. The predicted molar refractivity (Wildman–Crippen MR) is 76.6 cm³/mol. The Balaban J connectivity index is 2.17. The number of ether oxygens (including phenoxy) is 1. The average Bonchev–Trinajstić information content (AvgIpc) is 2.87. The Hall–Kier alpha value is -2.28. The van der Waals surface area contributed by atoms with Crippen LogP contribution in [0.3, 0.4) is 0 Å². The van der Waals surface area contributed by atoms with Gasteiger partial charge in [0, 0.05) is 5.56 Å². The molecule has 0 radical (unpaired) electrons. The SMILES string of the molecule is COC(=O)CNC(=O)c1sc(-c2ccc(F)cc2)nc1C. The summed E-state index contributed by atoms with van der Waals surface area (Å²) in [6, 6.07) is 5.87. The van der Waals surface area contributed by atoms with E-state index in [1.165, 1.54) is 30.6 Å². The summed E-state index contributed by atoms with van der Waals surface area (Å²) < 4.78 is 17.4. The molecule has 0 unspecified atom stereocenters. The molecular formula is C14H13FN2O3S. The van der Waals surface area contributed by atoms with Gasteiger partial charge in [-0.2, -0.15) is 0 Å². The van der Waals surface area contributed by atoms with E-state index in [0.717, 1.165) is 5.56 Å². The Labute approximate surface area is 124 Å². The van der Waals surface area contributed by atoms with E-state index in [1.807, 2.05) is 0 Å². The molecular weight excluding hydrogens is 295 g/mol. The first-order valence-electron chi connectivity index (χ1n) is 6.09. The number of thiazole rings is 1. The molecule has 110 valence electrons. The van der Waals surface area contributed by atoms with E-state index in [-0.39, 0.29) is 18.3 Å². The molecule has 0 spiro atoms. The van der Waals surface area contributed by atoms with Gasteiger partial charge in [0.25, 0.3) is 5.91 Å². The zero-order chi connectivity index (χ0) is 15.4. The van der Waals surface area contributed by atoms with Crippen molar-refractivity contribution in [1.29, 1.82) is 0 Å². The Morgan fingerprint density at radius 3 is 2.62 bits per heavy atom. The van der Waals surface area contributed by atoms with Gasteiger partial charge in [0.05, 0.1) is 12.8 Å². The summed E-state index contributed by atoms with van der Waals surface area (Å²) in [5, 5.41) is 3.08. The van der Waals surface area contributed by atoms with Gasteiger partial charge in [-0.3, -0.25) is 9.59 Å². The molecule has 2 aromatic rings. The lowest BCUT2D eigenvalue weighted by atomic mass is 10.2. The van der Waals surface area contributed by atoms with Gasteiger partial charge in [0.15, 0.2) is 0 Å². The number of amides is 1. The molecule has 0 bridgehead atoms. The van der Waals surface area contributed by atoms with Gasteiger partial charge >= 0.3 is 5.97 Å². The minimum absolute atomic E-state index is 0.196. The van der Waals surface area contributed by atoms with Gasteiger partial charge in [-0.25, -0.2) is 9.37 Å². The fourth-order valence-electron chi connectivity index (χ4n) is 1.63. The second-order valence-electron chi connectivity index (χ2n) is 4.20. The normalized spacial score (nSPS) is 10.2. The Bertz CT molecular complexity index is 667. The topological polar surface area (TPSA) is 68.3 Å². The number of nitrogens with one attached hydrogen (secondary N) is 1. The number of carbonyl (C=O) groups excluding carboxylic acids is 2. The Kier molecular flexibility index (Phi) is 4.64. The van der Waals surface area contributed by atoms with Crippen LogP contribution >= 0.6 is 11.3 Å². The molecule has 1 amide bonds. The second kappa shape index (κ2) is 6.45. The molecule has 0 saturated heterocycles. The lowest BCUT2D eigenvalue weighted by molar-refractivity contribution is -0.139. The van der Waals surface area contributed by atoms with Crippen LogP contribution in [0.1, 0.15) is 15.4 Å². The lowest BCUT2D eigenvalue weighted by Gasteiger charge is -2.01. The van der Waals surface area contributed by atoms with Crippen LogP contribution in [-0.4, -0.2) is 30.5 Å². The zero-order valence-corrected chi connectivity index (χ0v) is 12.3. The van der Waals surface area contributed by atoms with Crippen LogP contribution in [-0.2, 0) is 9.53 Å². The second-order valence-corrected chi connectivity index (χ2v) is 5.20. The lowest BCUT2D eigenvalue weighted by Crippen LogP contribution is -2.29. The predicted octanol–water partition coefficient (Wildman–Crippen LogP) is 2.16. The molecule has 1 heterocycles. The molecule has 0 aliphatic carbocycles. The van der Waals surface area contributed by atoms with Crippen molar-refractivity contribution in [3.63, 3.8) is 0 Å². The number of hydrogen-bond acceptors (Lipinski definition) is 5. The third-order valence-electron chi connectivity index (χ3n) is 2.71. The molecule has 21 heavy (non-hydrogen) atoms. The van der Waals surface area contributed by atoms with E-state index >= 15 is 0 Å². The van der Waals surface area contributed by atoms with E-state index in [0.29, 0.717) is 15.6 Å². The van der Waals surface area contributed by atoms with Gasteiger partial charge in [-0.15, -0.1) is 11.3 Å². The van der Waals surface area contributed by atoms with Crippen molar-refractivity contribution in [3.8, 4) is 10.6 Å². The maximum atomic E-state index is 12.9. The van der Waals surface area contributed by atoms with Crippen LogP contribution in [0, 0.1) is 12.7 Å². The van der Waals surface area contributed by atoms with Gasteiger partial charge in [0.1, 0.15) is 22.2 Å². The molecule has 0 aliphatic heterocycles. The highest BCUT2D eigenvalue weighted by Crippen LogP contribution is 2.27. The molecule has 1 aromatic heterocycles. The van der Waals surface area contributed by atoms with E-state index < -0.39 is 5.97 Å². The fraction of sp³-hybridized carbons (Fsp3) is 0.214. The quantitative estimate of drug-likeness (QED) is 0.879.